The smallest absolute Gasteiger partial charge is 0.145 e. The molecule has 0 atom stereocenters. The van der Waals surface area contributed by atoms with Gasteiger partial charge in [-0.3, -0.25) is 0 Å². The van der Waals surface area contributed by atoms with Crippen LogP contribution in [0.3, 0.4) is 0 Å². The third-order valence-electron chi connectivity index (χ3n) is 3.52. The molecule has 5 heteroatoms. The Morgan fingerprint density at radius 1 is 1.09 bits per heavy atom. The van der Waals surface area contributed by atoms with Crippen LogP contribution in [0.5, 0.6) is 17.2 Å². The maximum absolute atomic E-state index is 10.3. The van der Waals surface area contributed by atoms with Crippen LogP contribution in [0.2, 0.25) is 0 Å². The lowest BCUT2D eigenvalue weighted by Gasteiger charge is -2.13. The summed E-state index contributed by atoms with van der Waals surface area (Å²) in [5.41, 5.74) is 14.3. The number of hydrogen-bond acceptors (Lipinski definition) is 5. The maximum Gasteiger partial charge on any atom is 0.145 e. The molecule has 0 unspecified atom stereocenters. The van der Waals surface area contributed by atoms with Crippen molar-refractivity contribution in [1.29, 1.82) is 0 Å². The molecule has 0 heterocycles. The number of nitrogen functional groups attached to an aromatic ring is 2. The van der Waals surface area contributed by atoms with Gasteiger partial charge in [0.25, 0.3) is 0 Å². The monoisotopic (exact) mass is 300 g/mol. The van der Waals surface area contributed by atoms with Gasteiger partial charge in [-0.1, -0.05) is 12.1 Å². The highest BCUT2D eigenvalue weighted by molar-refractivity contribution is 5.66. The summed E-state index contributed by atoms with van der Waals surface area (Å²) in [5, 5.41) is 20.5. The number of ether oxygens (including phenoxy) is 1. The fraction of sp³-hybridized carbons (Fsp3) is 0.176. The van der Waals surface area contributed by atoms with Crippen molar-refractivity contribution in [3.05, 3.63) is 53.6 Å². The maximum atomic E-state index is 10.3. The van der Waals surface area contributed by atoms with Crippen LogP contribution in [-0.4, -0.2) is 17.3 Å². The van der Waals surface area contributed by atoms with E-state index in [1.165, 1.54) is 7.11 Å². The second-order valence-electron chi connectivity index (χ2n) is 5.05. The molecule has 2 rings (SSSR count). The van der Waals surface area contributed by atoms with E-state index in [0.717, 1.165) is 0 Å². The van der Waals surface area contributed by atoms with Gasteiger partial charge in [0.1, 0.15) is 22.9 Å². The average Bonchev–Trinajstić information content (AvgIpc) is 2.49. The first-order valence-electron chi connectivity index (χ1n) is 6.83. The molecule has 2 aromatic rings. The van der Waals surface area contributed by atoms with Crippen LogP contribution in [0.25, 0.3) is 0 Å². The number of methoxy groups -OCH3 is 1. The zero-order chi connectivity index (χ0) is 16.3. The summed E-state index contributed by atoms with van der Waals surface area (Å²) in [6.45, 7) is 3.66. The summed E-state index contributed by atoms with van der Waals surface area (Å²) in [6, 6.07) is 6.78. The minimum Gasteiger partial charge on any atom is -0.507 e. The predicted molar refractivity (Wildman–Crippen MR) is 88.3 cm³/mol. The number of phenolic OH excluding ortho intramolecular Hbond substituents is 2. The Morgan fingerprint density at radius 3 is 2.41 bits per heavy atom. The third-order valence-corrected chi connectivity index (χ3v) is 3.52. The van der Waals surface area contributed by atoms with Gasteiger partial charge in [-0.25, -0.2) is 0 Å². The number of hydrogen-bond donors (Lipinski definition) is 4. The van der Waals surface area contributed by atoms with Crippen LogP contribution < -0.4 is 16.2 Å². The standard InChI is InChI=1S/C17H20N2O3/c1-3-4-10-8-13(18)9-12(16(10)20)7-11-5-6-14(22-2)15(19)17(11)21/h3,5-6,8-9,20-21H,1,4,7,18-19H2,2H3. The van der Waals surface area contributed by atoms with Crippen molar-refractivity contribution in [2.45, 2.75) is 12.8 Å². The molecule has 0 fully saturated rings. The van der Waals surface area contributed by atoms with Crippen molar-refractivity contribution in [3.8, 4) is 17.2 Å². The normalized spacial score (nSPS) is 10.4. The average molecular weight is 300 g/mol. The van der Waals surface area contributed by atoms with E-state index < -0.39 is 0 Å². The van der Waals surface area contributed by atoms with Gasteiger partial charge in [-0.05, 0) is 30.2 Å². The van der Waals surface area contributed by atoms with Gasteiger partial charge in [-0.15, -0.1) is 6.58 Å². The second kappa shape index (κ2) is 6.30. The number of phenols is 2. The molecule has 0 saturated carbocycles. The van der Waals surface area contributed by atoms with Crippen molar-refractivity contribution < 1.29 is 14.9 Å². The highest BCUT2D eigenvalue weighted by atomic mass is 16.5. The molecule has 6 N–H and O–H groups in total. The molecule has 0 aromatic heterocycles. The number of anilines is 2. The summed E-state index contributed by atoms with van der Waals surface area (Å²) < 4.78 is 5.06. The molecule has 0 aliphatic carbocycles. The Balaban J connectivity index is 2.43. The molecule has 2 aromatic carbocycles. The highest BCUT2D eigenvalue weighted by Crippen LogP contribution is 2.37. The van der Waals surface area contributed by atoms with E-state index in [4.69, 9.17) is 16.2 Å². The number of nitrogens with two attached hydrogens (primary N) is 2. The summed E-state index contributed by atoms with van der Waals surface area (Å²) in [7, 11) is 1.48. The van der Waals surface area contributed by atoms with E-state index in [9.17, 15) is 10.2 Å². The summed E-state index contributed by atoms with van der Waals surface area (Å²) in [4.78, 5) is 0. The molecule has 0 aliphatic rings. The molecule has 0 amide bonds. The van der Waals surface area contributed by atoms with Crippen LogP contribution in [0.4, 0.5) is 11.4 Å². The zero-order valence-electron chi connectivity index (χ0n) is 12.5. The largest absolute Gasteiger partial charge is 0.507 e. The predicted octanol–water partition coefficient (Wildman–Crippen LogP) is 2.59. The van der Waals surface area contributed by atoms with E-state index in [-0.39, 0.29) is 17.2 Å². The van der Waals surface area contributed by atoms with Gasteiger partial charge in [0.05, 0.1) is 7.11 Å². The zero-order valence-corrected chi connectivity index (χ0v) is 12.5. The van der Waals surface area contributed by atoms with E-state index in [1.54, 1.807) is 30.3 Å². The molecule has 5 nitrogen and oxygen atoms in total. The number of rotatable bonds is 5. The van der Waals surface area contributed by atoms with Gasteiger partial charge in [0.2, 0.25) is 0 Å². The number of allylic oxidation sites excluding steroid dienone is 1. The lowest BCUT2D eigenvalue weighted by atomic mass is 9.98. The van der Waals surface area contributed by atoms with Gasteiger partial charge in [0.15, 0.2) is 0 Å². The Morgan fingerprint density at radius 2 is 1.77 bits per heavy atom. The molecular weight excluding hydrogens is 280 g/mol. The van der Waals surface area contributed by atoms with Crippen LogP contribution in [0.1, 0.15) is 16.7 Å². The minimum atomic E-state index is -0.0496. The van der Waals surface area contributed by atoms with Crippen LogP contribution >= 0.6 is 0 Å². The summed E-state index contributed by atoms with van der Waals surface area (Å²) in [6.07, 6.45) is 2.52. The van der Waals surface area contributed by atoms with Crippen LogP contribution in [0, 0.1) is 0 Å². The van der Waals surface area contributed by atoms with Crippen molar-refractivity contribution in [3.63, 3.8) is 0 Å². The number of benzene rings is 2. The second-order valence-corrected chi connectivity index (χ2v) is 5.05. The minimum absolute atomic E-state index is 0.0496. The van der Waals surface area contributed by atoms with Crippen LogP contribution in [0.15, 0.2) is 36.9 Å². The fourth-order valence-electron chi connectivity index (χ4n) is 2.39. The molecule has 22 heavy (non-hydrogen) atoms. The van der Waals surface area contributed by atoms with Gasteiger partial charge >= 0.3 is 0 Å². The summed E-state index contributed by atoms with van der Waals surface area (Å²) in [5.74, 6) is 0.514. The Kier molecular flexibility index (Phi) is 4.46. The quantitative estimate of drug-likeness (QED) is 0.294. The third kappa shape index (κ3) is 2.93. The van der Waals surface area contributed by atoms with E-state index >= 15 is 0 Å². The lowest BCUT2D eigenvalue weighted by molar-refractivity contribution is 0.410. The van der Waals surface area contributed by atoms with E-state index in [1.807, 2.05) is 0 Å². The summed E-state index contributed by atoms with van der Waals surface area (Å²) >= 11 is 0. The molecular formula is C17H20N2O3. The van der Waals surface area contributed by atoms with Gasteiger partial charge < -0.3 is 26.4 Å². The molecule has 0 bridgehead atoms. The first kappa shape index (κ1) is 15.6. The molecule has 0 saturated heterocycles. The Labute approximate surface area is 129 Å². The van der Waals surface area contributed by atoms with Crippen molar-refractivity contribution in [1.82, 2.24) is 0 Å². The first-order valence-corrected chi connectivity index (χ1v) is 6.83. The Bertz CT molecular complexity index is 712. The van der Waals surface area contributed by atoms with Crippen LogP contribution in [-0.2, 0) is 12.8 Å². The molecule has 0 spiro atoms. The first-order chi connectivity index (χ1) is 10.5. The van der Waals surface area contributed by atoms with Crippen molar-refractivity contribution in [2.75, 3.05) is 18.6 Å². The van der Waals surface area contributed by atoms with E-state index in [2.05, 4.69) is 6.58 Å². The van der Waals surface area contributed by atoms with Crippen molar-refractivity contribution in [2.24, 2.45) is 0 Å². The van der Waals surface area contributed by atoms with Crippen molar-refractivity contribution >= 4 is 11.4 Å². The van der Waals surface area contributed by atoms with Gasteiger partial charge in [0, 0.05) is 23.2 Å². The number of aromatic hydroxyl groups is 2. The SMILES string of the molecule is C=CCc1cc(N)cc(Cc2ccc(OC)c(N)c2O)c1O. The molecule has 0 aliphatic heterocycles. The molecule has 116 valence electrons. The lowest BCUT2D eigenvalue weighted by Crippen LogP contribution is -1.99. The van der Waals surface area contributed by atoms with E-state index in [0.29, 0.717) is 41.0 Å². The fourth-order valence-corrected chi connectivity index (χ4v) is 2.39. The Hall–Kier alpha value is -2.82. The molecule has 0 radical (unpaired) electrons. The van der Waals surface area contributed by atoms with Gasteiger partial charge in [-0.2, -0.15) is 0 Å². The highest BCUT2D eigenvalue weighted by Gasteiger charge is 2.14. The topological polar surface area (TPSA) is 102 Å².